The summed E-state index contributed by atoms with van der Waals surface area (Å²) >= 11 is 1.56. The number of rotatable bonds is 6. The van der Waals surface area contributed by atoms with E-state index in [9.17, 15) is 4.57 Å². The lowest BCUT2D eigenvalue weighted by Crippen LogP contribution is -1.92. The van der Waals surface area contributed by atoms with Crippen LogP contribution in [0.1, 0.15) is 24.4 Å². The van der Waals surface area contributed by atoms with Gasteiger partial charge in [-0.1, -0.05) is 23.5 Å². The van der Waals surface area contributed by atoms with Gasteiger partial charge in [-0.05, 0) is 39.0 Å². The van der Waals surface area contributed by atoms with Crippen molar-refractivity contribution in [3.05, 3.63) is 40.7 Å². The van der Waals surface area contributed by atoms with E-state index >= 15 is 0 Å². The summed E-state index contributed by atoms with van der Waals surface area (Å²) in [4.78, 5) is 6.55. The third-order valence-corrected chi connectivity index (χ3v) is 6.31. The predicted octanol–water partition coefficient (Wildman–Crippen LogP) is 5.09. The molecule has 0 aliphatic rings. The van der Waals surface area contributed by atoms with E-state index in [2.05, 4.69) is 9.38 Å². The molecular weight excluding hydrogens is 331 g/mol. The molecule has 0 amide bonds. The lowest BCUT2D eigenvalue weighted by Gasteiger charge is -2.12. The van der Waals surface area contributed by atoms with Crippen molar-refractivity contribution in [2.45, 2.75) is 20.8 Å². The fraction of sp³-hybridized carbons (Fsp3) is 0.312. The first-order chi connectivity index (χ1) is 11.1. The summed E-state index contributed by atoms with van der Waals surface area (Å²) < 4.78 is 25.2. The number of imidazole rings is 1. The zero-order valence-electron chi connectivity index (χ0n) is 13.4. The van der Waals surface area contributed by atoms with Crippen molar-refractivity contribution in [2.75, 3.05) is 13.2 Å². The first-order valence-electron chi connectivity index (χ1n) is 7.52. The van der Waals surface area contributed by atoms with E-state index in [-0.39, 0.29) is 0 Å². The number of aryl methyl sites for hydroxylation is 1. The van der Waals surface area contributed by atoms with Gasteiger partial charge in [-0.3, -0.25) is 8.97 Å². The predicted molar refractivity (Wildman–Crippen MR) is 95.2 cm³/mol. The number of benzene rings is 1. The molecule has 0 saturated carbocycles. The first kappa shape index (κ1) is 16.4. The second-order valence-corrected chi connectivity index (χ2v) is 7.86. The summed E-state index contributed by atoms with van der Waals surface area (Å²) in [5, 5.41) is 0. The molecule has 0 unspecified atom stereocenters. The summed E-state index contributed by atoms with van der Waals surface area (Å²) in [5.41, 5.74) is 3.12. The van der Waals surface area contributed by atoms with Gasteiger partial charge in [0.25, 0.3) is 0 Å². The van der Waals surface area contributed by atoms with Crippen LogP contribution in [0.4, 0.5) is 0 Å². The Labute approximate surface area is 139 Å². The SMILES string of the molecule is CCOP(=O)(/C=C/c1sc2nc3ccccc3n2c1C)OCC. The van der Waals surface area contributed by atoms with E-state index in [1.165, 1.54) is 0 Å². The van der Waals surface area contributed by atoms with Crippen molar-refractivity contribution in [1.82, 2.24) is 9.38 Å². The molecule has 0 bridgehead atoms. The van der Waals surface area contributed by atoms with Crippen molar-refractivity contribution in [2.24, 2.45) is 0 Å². The molecule has 3 aromatic rings. The second kappa shape index (κ2) is 6.57. The van der Waals surface area contributed by atoms with Crippen LogP contribution >= 0.6 is 18.9 Å². The lowest BCUT2D eigenvalue weighted by atomic mass is 10.3. The molecule has 2 aromatic heterocycles. The number of nitrogens with zero attached hydrogens (tertiary/aromatic N) is 2. The van der Waals surface area contributed by atoms with Crippen LogP contribution in [-0.2, 0) is 13.6 Å². The topological polar surface area (TPSA) is 52.8 Å². The number of aromatic nitrogens is 2. The Kier molecular flexibility index (Phi) is 4.69. The van der Waals surface area contributed by atoms with Crippen LogP contribution in [0.2, 0.25) is 0 Å². The van der Waals surface area contributed by atoms with Gasteiger partial charge in [0, 0.05) is 11.5 Å². The molecule has 7 heteroatoms. The van der Waals surface area contributed by atoms with Crippen LogP contribution in [0.25, 0.3) is 22.1 Å². The van der Waals surface area contributed by atoms with Crippen LogP contribution in [0.15, 0.2) is 30.1 Å². The molecule has 5 nitrogen and oxygen atoms in total. The fourth-order valence-electron chi connectivity index (χ4n) is 2.48. The highest BCUT2D eigenvalue weighted by atomic mass is 32.1. The number of thiazole rings is 1. The minimum absolute atomic E-state index is 0.346. The Hall–Kier alpha value is -1.46. The Bertz CT molecular complexity index is 903. The van der Waals surface area contributed by atoms with Crippen LogP contribution in [0.5, 0.6) is 0 Å². The van der Waals surface area contributed by atoms with Gasteiger partial charge in [-0.2, -0.15) is 0 Å². The molecule has 3 rings (SSSR count). The Morgan fingerprint density at radius 2 is 1.96 bits per heavy atom. The van der Waals surface area contributed by atoms with Crippen LogP contribution in [0, 0.1) is 6.92 Å². The van der Waals surface area contributed by atoms with Crippen LogP contribution < -0.4 is 0 Å². The van der Waals surface area contributed by atoms with Crippen molar-refractivity contribution >= 4 is 41.0 Å². The number of hydrogen-bond acceptors (Lipinski definition) is 5. The molecule has 2 heterocycles. The zero-order valence-corrected chi connectivity index (χ0v) is 15.1. The number of fused-ring (bicyclic) bond motifs is 3. The van der Waals surface area contributed by atoms with Gasteiger partial charge in [0.15, 0.2) is 4.96 Å². The molecule has 0 N–H and O–H groups in total. The summed E-state index contributed by atoms with van der Waals surface area (Å²) in [6.07, 6.45) is 1.82. The highest BCUT2D eigenvalue weighted by molar-refractivity contribution is 7.57. The quantitative estimate of drug-likeness (QED) is 0.581. The van der Waals surface area contributed by atoms with E-state index < -0.39 is 7.60 Å². The Morgan fingerprint density at radius 1 is 1.26 bits per heavy atom. The van der Waals surface area contributed by atoms with Crippen LogP contribution in [0.3, 0.4) is 0 Å². The molecule has 0 aliphatic heterocycles. The molecule has 0 aliphatic carbocycles. The zero-order chi connectivity index (χ0) is 16.4. The molecule has 0 atom stereocenters. The highest BCUT2D eigenvalue weighted by Gasteiger charge is 2.20. The van der Waals surface area contributed by atoms with E-state index in [0.29, 0.717) is 13.2 Å². The maximum absolute atomic E-state index is 12.5. The monoisotopic (exact) mass is 350 g/mol. The summed E-state index contributed by atoms with van der Waals surface area (Å²) in [6.45, 7) is 6.33. The van der Waals surface area contributed by atoms with Crippen molar-refractivity contribution in [3.63, 3.8) is 0 Å². The standard InChI is InChI=1S/C16H19N2O3PS/c1-4-20-22(19,21-5-2)11-10-15-12(3)18-14-9-7-6-8-13(14)17-16(18)23-15/h6-11H,4-5H2,1-3H3/b11-10+. The Balaban J connectivity index is 2.02. The molecular formula is C16H19N2O3PS. The largest absolute Gasteiger partial charge is 0.354 e. The molecule has 1 aromatic carbocycles. The smallest absolute Gasteiger partial charge is 0.306 e. The van der Waals surface area contributed by atoms with Crippen molar-refractivity contribution in [3.8, 4) is 0 Å². The summed E-state index contributed by atoms with van der Waals surface area (Å²) in [6, 6.07) is 8.04. The molecule has 23 heavy (non-hydrogen) atoms. The van der Waals surface area contributed by atoms with Gasteiger partial charge < -0.3 is 9.05 Å². The molecule has 0 radical (unpaired) electrons. The van der Waals surface area contributed by atoms with Crippen molar-refractivity contribution in [1.29, 1.82) is 0 Å². The average molecular weight is 350 g/mol. The molecule has 0 spiro atoms. The molecule has 0 fully saturated rings. The van der Waals surface area contributed by atoms with Gasteiger partial charge in [-0.25, -0.2) is 4.98 Å². The Morgan fingerprint density at radius 3 is 2.65 bits per heavy atom. The van der Waals surface area contributed by atoms with Gasteiger partial charge in [0.2, 0.25) is 0 Å². The fourth-order valence-corrected chi connectivity index (χ4v) is 4.92. The van der Waals surface area contributed by atoms with Gasteiger partial charge in [-0.15, -0.1) is 0 Å². The van der Waals surface area contributed by atoms with E-state index in [4.69, 9.17) is 9.05 Å². The summed E-state index contributed by atoms with van der Waals surface area (Å²) in [7, 11) is -3.18. The average Bonchev–Trinajstić information content (AvgIpc) is 3.03. The minimum Gasteiger partial charge on any atom is -0.306 e. The summed E-state index contributed by atoms with van der Waals surface area (Å²) in [5.74, 6) is 1.54. The lowest BCUT2D eigenvalue weighted by molar-refractivity contribution is 0.229. The van der Waals surface area contributed by atoms with Gasteiger partial charge in [0.05, 0.1) is 29.1 Å². The van der Waals surface area contributed by atoms with E-state index in [1.54, 1.807) is 31.0 Å². The number of para-hydroxylation sites is 2. The maximum Gasteiger partial charge on any atom is 0.354 e. The second-order valence-electron chi connectivity index (χ2n) is 4.96. The van der Waals surface area contributed by atoms with Gasteiger partial charge >= 0.3 is 7.60 Å². The van der Waals surface area contributed by atoms with Gasteiger partial charge in [0.1, 0.15) is 0 Å². The van der Waals surface area contributed by atoms with E-state index in [1.807, 2.05) is 37.3 Å². The number of hydrogen-bond donors (Lipinski definition) is 0. The van der Waals surface area contributed by atoms with Crippen molar-refractivity contribution < 1.29 is 13.6 Å². The van der Waals surface area contributed by atoms with E-state index in [0.717, 1.165) is 26.6 Å². The molecule has 122 valence electrons. The third-order valence-electron chi connectivity index (χ3n) is 3.45. The highest BCUT2D eigenvalue weighted by Crippen LogP contribution is 2.50. The molecule has 0 saturated heterocycles. The minimum atomic E-state index is -3.18. The maximum atomic E-state index is 12.5. The van der Waals surface area contributed by atoms with Crippen LogP contribution in [-0.4, -0.2) is 22.6 Å². The third kappa shape index (κ3) is 3.12. The first-order valence-corrected chi connectivity index (χ1v) is 9.95. The normalized spacial score (nSPS) is 12.8.